The number of nitrogens with zero attached hydrogens (tertiary/aromatic N) is 1. The summed E-state index contributed by atoms with van der Waals surface area (Å²) in [5, 5.41) is 25.4. The number of nitrogens with one attached hydrogen (secondary N) is 2. The van der Waals surface area contributed by atoms with Crippen molar-refractivity contribution in [3.63, 3.8) is 0 Å². The molecule has 2 rings (SSSR count). The van der Waals surface area contributed by atoms with Crippen molar-refractivity contribution in [3.05, 3.63) is 34.4 Å². The van der Waals surface area contributed by atoms with Crippen molar-refractivity contribution < 1.29 is 14.8 Å². The van der Waals surface area contributed by atoms with Gasteiger partial charge < -0.3 is 15.7 Å². The highest BCUT2D eigenvalue weighted by Gasteiger charge is 2.25. The highest BCUT2D eigenvalue weighted by Crippen LogP contribution is 2.24. The summed E-state index contributed by atoms with van der Waals surface area (Å²) in [6.07, 6.45) is 3.89. The highest BCUT2D eigenvalue weighted by atomic mass is 16.6. The second kappa shape index (κ2) is 7.03. The fourth-order valence-electron chi connectivity index (χ4n) is 2.62. The van der Waals surface area contributed by atoms with Gasteiger partial charge in [0.15, 0.2) is 0 Å². The Balaban J connectivity index is 1.90. The molecule has 0 saturated heterocycles. The number of amides is 2. The molecule has 0 bridgehead atoms. The van der Waals surface area contributed by atoms with E-state index in [0.717, 1.165) is 25.7 Å². The summed E-state index contributed by atoms with van der Waals surface area (Å²) in [5.74, 6) is 0.0985. The van der Waals surface area contributed by atoms with Gasteiger partial charge in [0.05, 0.1) is 4.92 Å². The molecule has 114 valence electrons. The summed E-state index contributed by atoms with van der Waals surface area (Å²) >= 11 is 0. The lowest BCUT2D eigenvalue weighted by Gasteiger charge is -2.30. The first kappa shape index (κ1) is 15.2. The zero-order valence-corrected chi connectivity index (χ0v) is 11.6. The van der Waals surface area contributed by atoms with Crippen LogP contribution in [0, 0.1) is 16.0 Å². The number of hydrogen-bond acceptors (Lipinski definition) is 4. The lowest BCUT2D eigenvalue weighted by Crippen LogP contribution is -2.45. The molecule has 0 radical (unpaired) electrons. The first-order valence-electron chi connectivity index (χ1n) is 7.03. The van der Waals surface area contributed by atoms with Crippen LogP contribution in [-0.4, -0.2) is 28.7 Å². The zero-order valence-electron chi connectivity index (χ0n) is 11.6. The van der Waals surface area contributed by atoms with E-state index < -0.39 is 4.92 Å². The molecule has 1 fully saturated rings. The van der Waals surface area contributed by atoms with Gasteiger partial charge in [-0.3, -0.25) is 10.1 Å². The van der Waals surface area contributed by atoms with Crippen molar-refractivity contribution in [1.82, 2.24) is 5.32 Å². The van der Waals surface area contributed by atoms with Crippen LogP contribution in [0.4, 0.5) is 16.2 Å². The minimum Gasteiger partial charge on any atom is -0.396 e. The molecule has 1 saturated carbocycles. The van der Waals surface area contributed by atoms with E-state index in [1.807, 2.05) is 0 Å². The van der Waals surface area contributed by atoms with E-state index in [9.17, 15) is 20.0 Å². The Labute approximate surface area is 122 Å². The van der Waals surface area contributed by atoms with E-state index in [1.165, 1.54) is 24.3 Å². The number of aliphatic hydroxyl groups is 1. The van der Waals surface area contributed by atoms with Gasteiger partial charge in [0.1, 0.15) is 0 Å². The Kier molecular flexibility index (Phi) is 5.10. The van der Waals surface area contributed by atoms with Gasteiger partial charge in [-0.05, 0) is 25.0 Å². The molecule has 7 heteroatoms. The van der Waals surface area contributed by atoms with Gasteiger partial charge in [0.2, 0.25) is 0 Å². The average molecular weight is 293 g/mol. The predicted molar refractivity (Wildman–Crippen MR) is 78.1 cm³/mol. The van der Waals surface area contributed by atoms with E-state index in [0.29, 0.717) is 5.69 Å². The van der Waals surface area contributed by atoms with Crippen LogP contribution in [-0.2, 0) is 0 Å². The standard InChI is InChI=1S/C14H19N3O4/c18-9-10-3-1-2-4-13(10)16-14(19)15-11-5-7-12(8-6-11)17(20)21/h5-8,10,13,18H,1-4,9H2,(H2,15,16,19)/t10-,13-/m0/s1. The number of non-ortho nitro benzene ring substituents is 1. The van der Waals surface area contributed by atoms with Gasteiger partial charge in [-0.25, -0.2) is 4.79 Å². The minimum atomic E-state index is -0.488. The molecule has 0 aromatic heterocycles. The van der Waals surface area contributed by atoms with Crippen LogP contribution in [0.25, 0.3) is 0 Å². The number of aliphatic hydroxyl groups excluding tert-OH is 1. The van der Waals surface area contributed by atoms with Crippen LogP contribution < -0.4 is 10.6 Å². The lowest BCUT2D eigenvalue weighted by atomic mass is 9.85. The summed E-state index contributed by atoms with van der Waals surface area (Å²) in [7, 11) is 0. The molecule has 2 amide bonds. The molecule has 0 aliphatic heterocycles. The second-order valence-corrected chi connectivity index (χ2v) is 5.24. The van der Waals surface area contributed by atoms with E-state index in [1.54, 1.807) is 0 Å². The van der Waals surface area contributed by atoms with Crippen molar-refractivity contribution in [2.45, 2.75) is 31.7 Å². The van der Waals surface area contributed by atoms with E-state index in [4.69, 9.17) is 0 Å². The van der Waals surface area contributed by atoms with Gasteiger partial charge in [-0.15, -0.1) is 0 Å². The molecule has 7 nitrogen and oxygen atoms in total. The largest absolute Gasteiger partial charge is 0.396 e. The van der Waals surface area contributed by atoms with Crippen molar-refractivity contribution >= 4 is 17.4 Å². The molecule has 2 atom stereocenters. The quantitative estimate of drug-likeness (QED) is 0.585. The third-order valence-corrected chi connectivity index (χ3v) is 3.80. The molecule has 1 aromatic rings. The molecule has 1 aliphatic carbocycles. The maximum absolute atomic E-state index is 11.9. The van der Waals surface area contributed by atoms with E-state index in [-0.39, 0.29) is 30.3 Å². The number of rotatable bonds is 4. The molecule has 3 N–H and O–H groups in total. The van der Waals surface area contributed by atoms with Gasteiger partial charge in [0.25, 0.3) is 5.69 Å². The molecule has 21 heavy (non-hydrogen) atoms. The van der Waals surface area contributed by atoms with Crippen molar-refractivity contribution in [1.29, 1.82) is 0 Å². The molecular weight excluding hydrogens is 274 g/mol. The maximum Gasteiger partial charge on any atom is 0.319 e. The van der Waals surface area contributed by atoms with Crippen LogP contribution in [0.3, 0.4) is 0 Å². The molecular formula is C14H19N3O4. The Hall–Kier alpha value is -2.15. The number of urea groups is 1. The number of anilines is 1. The van der Waals surface area contributed by atoms with Crippen LogP contribution in [0.5, 0.6) is 0 Å². The smallest absolute Gasteiger partial charge is 0.319 e. The number of nitro groups is 1. The van der Waals surface area contributed by atoms with Crippen LogP contribution in [0.2, 0.25) is 0 Å². The number of hydrogen-bond donors (Lipinski definition) is 3. The number of benzene rings is 1. The van der Waals surface area contributed by atoms with Crippen molar-refractivity contribution in [2.24, 2.45) is 5.92 Å². The third-order valence-electron chi connectivity index (χ3n) is 3.80. The Bertz CT molecular complexity index is 503. The topological polar surface area (TPSA) is 104 Å². The summed E-state index contributed by atoms with van der Waals surface area (Å²) in [6.45, 7) is 0.0719. The van der Waals surface area contributed by atoms with Crippen molar-refractivity contribution in [3.8, 4) is 0 Å². The van der Waals surface area contributed by atoms with Gasteiger partial charge in [-0.1, -0.05) is 12.8 Å². The highest BCUT2D eigenvalue weighted by molar-refractivity contribution is 5.89. The number of carbonyl (C=O) groups excluding carboxylic acids is 1. The summed E-state index contributed by atoms with van der Waals surface area (Å²) in [6, 6.07) is 5.28. The van der Waals surface area contributed by atoms with Gasteiger partial charge in [0, 0.05) is 36.4 Å². The lowest BCUT2D eigenvalue weighted by molar-refractivity contribution is -0.384. The molecule has 0 unspecified atom stereocenters. The molecule has 1 aliphatic rings. The molecule has 1 aromatic carbocycles. The maximum atomic E-state index is 11.9. The normalized spacial score (nSPS) is 21.6. The Morgan fingerprint density at radius 3 is 2.57 bits per heavy atom. The van der Waals surface area contributed by atoms with E-state index in [2.05, 4.69) is 10.6 Å². The summed E-state index contributed by atoms with van der Waals surface area (Å²) in [4.78, 5) is 22.0. The van der Waals surface area contributed by atoms with Gasteiger partial charge in [-0.2, -0.15) is 0 Å². The summed E-state index contributed by atoms with van der Waals surface area (Å²) < 4.78 is 0. The monoisotopic (exact) mass is 293 g/mol. The molecule has 0 spiro atoms. The predicted octanol–water partition coefficient (Wildman–Crippen LogP) is 2.27. The van der Waals surface area contributed by atoms with Gasteiger partial charge >= 0.3 is 6.03 Å². The third kappa shape index (κ3) is 4.16. The van der Waals surface area contributed by atoms with Crippen LogP contribution in [0.1, 0.15) is 25.7 Å². The fourth-order valence-corrected chi connectivity index (χ4v) is 2.62. The Morgan fingerprint density at radius 2 is 1.95 bits per heavy atom. The Morgan fingerprint density at radius 1 is 1.29 bits per heavy atom. The van der Waals surface area contributed by atoms with E-state index >= 15 is 0 Å². The molecule has 0 heterocycles. The van der Waals surface area contributed by atoms with Crippen LogP contribution in [0.15, 0.2) is 24.3 Å². The summed E-state index contributed by atoms with van der Waals surface area (Å²) in [5.41, 5.74) is 0.475. The SMILES string of the molecule is O=C(Nc1ccc([N+](=O)[O-])cc1)N[C@H]1CCCC[C@H]1CO. The first-order valence-corrected chi connectivity index (χ1v) is 7.03. The zero-order chi connectivity index (χ0) is 15.2. The minimum absolute atomic E-state index is 0.0198. The van der Waals surface area contributed by atoms with Crippen LogP contribution >= 0.6 is 0 Å². The number of nitro benzene ring substituents is 1. The second-order valence-electron chi connectivity index (χ2n) is 5.24. The van der Waals surface area contributed by atoms with Crippen molar-refractivity contribution in [2.75, 3.05) is 11.9 Å². The fraction of sp³-hybridized carbons (Fsp3) is 0.500. The average Bonchev–Trinajstić information content (AvgIpc) is 2.48. The number of carbonyl (C=O) groups is 1. The first-order chi connectivity index (χ1) is 10.1.